The van der Waals surface area contributed by atoms with Crippen LogP contribution in [0.4, 0.5) is 5.95 Å². The van der Waals surface area contributed by atoms with Crippen molar-refractivity contribution >= 4 is 23.6 Å². The first-order chi connectivity index (χ1) is 6.16. The first-order valence-electron chi connectivity index (χ1n) is 4.15. The molecule has 1 atom stereocenters. The topological polar surface area (TPSA) is 51.8 Å². The number of anilines is 1. The number of fused-ring (bicyclic) bond motifs is 1. The lowest BCUT2D eigenvalue weighted by Crippen LogP contribution is -2.08. The van der Waals surface area contributed by atoms with Crippen LogP contribution in [0, 0.1) is 0 Å². The molecule has 0 radical (unpaired) electrons. The fraction of sp³-hybridized carbons (Fsp3) is 0.333. The molecule has 0 aliphatic heterocycles. The number of hydrogen-bond acceptors (Lipinski definition) is 3. The molecule has 2 N–H and O–H groups in total. The van der Waals surface area contributed by atoms with E-state index >= 15 is 0 Å². The molecule has 1 aromatic rings. The summed E-state index contributed by atoms with van der Waals surface area (Å²) in [5.41, 5.74) is 7.48. The number of nitrogens with zero attached hydrogens (tertiary/aromatic N) is 2. The van der Waals surface area contributed by atoms with E-state index in [1.165, 1.54) is 0 Å². The molecule has 0 saturated heterocycles. The molecule has 2 rings (SSSR count). The molecule has 0 bridgehead atoms. The second-order valence-electron chi connectivity index (χ2n) is 3.27. The Morgan fingerprint density at radius 3 is 3.15 bits per heavy atom. The SMILES string of the molecule is CC1CC(Cl)=Cc2cnc(N)nc21. The van der Waals surface area contributed by atoms with Gasteiger partial charge in [0.2, 0.25) is 5.95 Å². The van der Waals surface area contributed by atoms with Gasteiger partial charge in [0.1, 0.15) is 0 Å². The Labute approximate surface area is 81.6 Å². The van der Waals surface area contributed by atoms with E-state index in [4.69, 9.17) is 17.3 Å². The molecule has 1 heterocycles. The average Bonchev–Trinajstić information content (AvgIpc) is 2.06. The third-order valence-corrected chi connectivity index (χ3v) is 2.41. The molecular weight excluding hydrogens is 186 g/mol. The molecule has 3 nitrogen and oxygen atoms in total. The Morgan fingerprint density at radius 1 is 1.62 bits per heavy atom. The van der Waals surface area contributed by atoms with E-state index in [1.807, 2.05) is 6.08 Å². The minimum absolute atomic E-state index is 0.331. The van der Waals surface area contributed by atoms with E-state index in [1.54, 1.807) is 6.20 Å². The maximum Gasteiger partial charge on any atom is 0.220 e. The second-order valence-corrected chi connectivity index (χ2v) is 3.75. The second kappa shape index (κ2) is 3.00. The van der Waals surface area contributed by atoms with Crippen LogP contribution in [0.1, 0.15) is 30.5 Å². The molecule has 1 aromatic heterocycles. The lowest BCUT2D eigenvalue weighted by atomic mass is 9.94. The lowest BCUT2D eigenvalue weighted by Gasteiger charge is -2.18. The van der Waals surface area contributed by atoms with Crippen molar-refractivity contribution in [1.29, 1.82) is 0 Å². The number of halogens is 1. The summed E-state index contributed by atoms with van der Waals surface area (Å²) in [4.78, 5) is 8.12. The number of nitrogen functional groups attached to an aromatic ring is 1. The molecule has 0 fully saturated rings. The van der Waals surface area contributed by atoms with Gasteiger partial charge in [0.25, 0.3) is 0 Å². The summed E-state index contributed by atoms with van der Waals surface area (Å²) in [6.45, 7) is 2.08. The number of rotatable bonds is 0. The smallest absolute Gasteiger partial charge is 0.220 e. The van der Waals surface area contributed by atoms with Crippen molar-refractivity contribution in [2.45, 2.75) is 19.3 Å². The molecule has 1 aliphatic carbocycles. The van der Waals surface area contributed by atoms with Crippen molar-refractivity contribution in [1.82, 2.24) is 9.97 Å². The Bertz CT molecular complexity index is 373. The van der Waals surface area contributed by atoms with Crippen LogP contribution in [0.3, 0.4) is 0 Å². The fourth-order valence-electron chi connectivity index (χ4n) is 1.54. The summed E-state index contributed by atoms with van der Waals surface area (Å²) in [6, 6.07) is 0. The van der Waals surface area contributed by atoms with Gasteiger partial charge in [-0.05, 0) is 12.5 Å². The normalized spacial score (nSPS) is 20.8. The van der Waals surface area contributed by atoms with Gasteiger partial charge < -0.3 is 5.73 Å². The monoisotopic (exact) mass is 195 g/mol. The zero-order chi connectivity index (χ0) is 9.42. The Hall–Kier alpha value is -1.09. The molecular formula is C9H10ClN3. The molecule has 13 heavy (non-hydrogen) atoms. The zero-order valence-corrected chi connectivity index (χ0v) is 8.04. The van der Waals surface area contributed by atoms with Gasteiger partial charge in [-0.15, -0.1) is 0 Å². The standard InChI is InChI=1S/C9H10ClN3/c1-5-2-7(10)3-6-4-12-9(11)13-8(5)6/h3-5H,2H2,1H3,(H2,11,12,13). The lowest BCUT2D eigenvalue weighted by molar-refractivity contribution is 0.729. The highest BCUT2D eigenvalue weighted by molar-refractivity contribution is 6.31. The van der Waals surface area contributed by atoms with E-state index in [2.05, 4.69) is 16.9 Å². The number of allylic oxidation sites excluding steroid dienone is 1. The van der Waals surface area contributed by atoms with E-state index in [0.29, 0.717) is 11.9 Å². The highest BCUT2D eigenvalue weighted by Crippen LogP contribution is 2.33. The van der Waals surface area contributed by atoms with E-state index in [9.17, 15) is 0 Å². The van der Waals surface area contributed by atoms with Gasteiger partial charge in [0.05, 0.1) is 5.69 Å². The summed E-state index contributed by atoms with van der Waals surface area (Å²) < 4.78 is 0. The average molecular weight is 196 g/mol. The van der Waals surface area contributed by atoms with Gasteiger partial charge in [-0.25, -0.2) is 9.97 Å². The minimum Gasteiger partial charge on any atom is -0.368 e. The van der Waals surface area contributed by atoms with Crippen molar-refractivity contribution in [2.24, 2.45) is 0 Å². The van der Waals surface area contributed by atoms with Crippen LogP contribution < -0.4 is 5.73 Å². The van der Waals surface area contributed by atoms with E-state index < -0.39 is 0 Å². The van der Waals surface area contributed by atoms with Gasteiger partial charge in [0.15, 0.2) is 0 Å². The highest BCUT2D eigenvalue weighted by atomic mass is 35.5. The maximum absolute atomic E-state index is 5.95. The molecule has 0 amide bonds. The van der Waals surface area contributed by atoms with Gasteiger partial charge in [-0.3, -0.25) is 0 Å². The van der Waals surface area contributed by atoms with Crippen molar-refractivity contribution in [3.63, 3.8) is 0 Å². The Morgan fingerprint density at radius 2 is 2.38 bits per heavy atom. The van der Waals surface area contributed by atoms with Crippen molar-refractivity contribution in [3.05, 3.63) is 22.5 Å². The largest absolute Gasteiger partial charge is 0.368 e. The van der Waals surface area contributed by atoms with Gasteiger partial charge >= 0.3 is 0 Å². The molecule has 1 unspecified atom stereocenters. The van der Waals surface area contributed by atoms with E-state index in [-0.39, 0.29) is 0 Å². The van der Waals surface area contributed by atoms with E-state index in [0.717, 1.165) is 22.7 Å². The number of aromatic nitrogens is 2. The third kappa shape index (κ3) is 1.52. The van der Waals surface area contributed by atoms with Crippen molar-refractivity contribution in [3.8, 4) is 0 Å². The van der Waals surface area contributed by atoms with Crippen molar-refractivity contribution in [2.75, 3.05) is 5.73 Å². The summed E-state index contributed by atoms with van der Waals surface area (Å²) in [5.74, 6) is 0.662. The predicted molar refractivity (Wildman–Crippen MR) is 53.3 cm³/mol. The highest BCUT2D eigenvalue weighted by Gasteiger charge is 2.18. The molecule has 0 spiro atoms. The molecule has 4 heteroatoms. The van der Waals surface area contributed by atoms with Crippen LogP contribution in [0.5, 0.6) is 0 Å². The maximum atomic E-state index is 5.95. The van der Waals surface area contributed by atoms with Crippen LogP contribution in [-0.2, 0) is 0 Å². The molecule has 0 saturated carbocycles. The minimum atomic E-state index is 0.331. The van der Waals surface area contributed by atoms with Crippen molar-refractivity contribution < 1.29 is 0 Å². The van der Waals surface area contributed by atoms with Crippen LogP contribution in [0.15, 0.2) is 11.2 Å². The first kappa shape index (κ1) is 8.51. The van der Waals surface area contributed by atoms with Crippen LogP contribution >= 0.6 is 11.6 Å². The quantitative estimate of drug-likeness (QED) is 0.690. The number of hydrogen-bond donors (Lipinski definition) is 1. The third-order valence-electron chi connectivity index (χ3n) is 2.15. The van der Waals surface area contributed by atoms with Gasteiger partial charge in [-0.1, -0.05) is 18.5 Å². The van der Waals surface area contributed by atoms with Crippen LogP contribution in [-0.4, -0.2) is 9.97 Å². The zero-order valence-electron chi connectivity index (χ0n) is 7.29. The fourth-order valence-corrected chi connectivity index (χ4v) is 1.89. The van der Waals surface area contributed by atoms with Crippen LogP contribution in [0.2, 0.25) is 0 Å². The predicted octanol–water partition coefficient (Wildman–Crippen LogP) is 2.15. The summed E-state index contributed by atoms with van der Waals surface area (Å²) in [7, 11) is 0. The molecule has 68 valence electrons. The van der Waals surface area contributed by atoms with Gasteiger partial charge in [-0.2, -0.15) is 0 Å². The molecule has 1 aliphatic rings. The summed E-state index contributed by atoms with van der Waals surface area (Å²) >= 11 is 5.95. The first-order valence-corrected chi connectivity index (χ1v) is 4.53. The van der Waals surface area contributed by atoms with Crippen LogP contribution in [0.25, 0.3) is 6.08 Å². The summed E-state index contributed by atoms with van der Waals surface area (Å²) in [5, 5.41) is 0.855. The number of nitrogens with two attached hydrogens (primary N) is 1. The molecule has 0 aromatic carbocycles. The summed E-state index contributed by atoms with van der Waals surface area (Å²) in [6.07, 6.45) is 4.46. The Kier molecular flexibility index (Phi) is 1.96. The van der Waals surface area contributed by atoms with Gasteiger partial charge in [0, 0.05) is 22.7 Å². The Balaban J connectivity index is 2.56.